The Morgan fingerprint density at radius 3 is 2.53 bits per heavy atom. The maximum Gasteiger partial charge on any atom is 0.286 e. The number of rotatable bonds is 3. The number of nitrogens with zero attached hydrogens (tertiary/aromatic N) is 1. The van der Waals surface area contributed by atoms with E-state index in [0.717, 1.165) is 0 Å². The van der Waals surface area contributed by atoms with Gasteiger partial charge in [-0.05, 0) is 24.3 Å². The number of carbonyl (C=O) groups excluding carboxylic acids is 2. The van der Waals surface area contributed by atoms with Crippen LogP contribution in [0.25, 0.3) is 0 Å². The first-order valence-electron chi connectivity index (χ1n) is 5.23. The summed E-state index contributed by atoms with van der Waals surface area (Å²) in [5.74, 6) is 3.29. The number of nitrogens with one attached hydrogen (secondary N) is 3. The number of anilines is 1. The highest BCUT2D eigenvalue weighted by molar-refractivity contribution is 6.09. The van der Waals surface area contributed by atoms with Crippen LogP contribution in [0.4, 0.5) is 10.1 Å². The van der Waals surface area contributed by atoms with E-state index in [1.807, 2.05) is 5.43 Å². The van der Waals surface area contributed by atoms with E-state index in [0.29, 0.717) is 5.69 Å². The number of aromatic nitrogens is 2. The van der Waals surface area contributed by atoms with Crippen molar-refractivity contribution in [3.63, 3.8) is 0 Å². The third kappa shape index (κ3) is 2.75. The lowest BCUT2D eigenvalue weighted by molar-refractivity contribution is 0.0935. The summed E-state index contributed by atoms with van der Waals surface area (Å²) in [5.41, 5.74) is 2.11. The van der Waals surface area contributed by atoms with Gasteiger partial charge in [-0.25, -0.2) is 15.2 Å². The Labute approximate surface area is 107 Å². The first-order valence-corrected chi connectivity index (χ1v) is 5.23. The molecule has 2 amide bonds. The molecule has 5 N–H and O–H groups in total. The van der Waals surface area contributed by atoms with Gasteiger partial charge < -0.3 is 10.3 Å². The maximum absolute atomic E-state index is 12.7. The van der Waals surface area contributed by atoms with Crippen molar-refractivity contribution in [2.24, 2.45) is 5.84 Å². The van der Waals surface area contributed by atoms with Crippen LogP contribution in [0.5, 0.6) is 0 Å². The fraction of sp³-hybridized carbons (Fsp3) is 0. The van der Waals surface area contributed by atoms with Gasteiger partial charge in [-0.2, -0.15) is 0 Å². The number of hydrazine groups is 1. The van der Waals surface area contributed by atoms with Gasteiger partial charge in [-0.1, -0.05) is 0 Å². The van der Waals surface area contributed by atoms with Crippen molar-refractivity contribution in [2.45, 2.75) is 0 Å². The number of hydrogen-bond donors (Lipinski definition) is 4. The van der Waals surface area contributed by atoms with E-state index in [1.54, 1.807) is 0 Å². The predicted octanol–water partition coefficient (Wildman–Crippen LogP) is 0.405. The molecule has 2 rings (SSSR count). The Morgan fingerprint density at radius 2 is 1.89 bits per heavy atom. The van der Waals surface area contributed by atoms with Crippen molar-refractivity contribution in [1.29, 1.82) is 0 Å². The number of imidazole rings is 1. The van der Waals surface area contributed by atoms with E-state index in [2.05, 4.69) is 15.3 Å². The summed E-state index contributed by atoms with van der Waals surface area (Å²) in [6.45, 7) is 0. The lowest BCUT2D eigenvalue weighted by atomic mass is 10.2. The average molecular weight is 263 g/mol. The smallest absolute Gasteiger partial charge is 0.286 e. The number of benzene rings is 1. The molecule has 0 aliphatic heterocycles. The molecule has 8 heteroatoms. The van der Waals surface area contributed by atoms with Crippen LogP contribution in [0.1, 0.15) is 21.0 Å². The lowest BCUT2D eigenvalue weighted by Gasteiger charge is -2.04. The molecule has 0 saturated carbocycles. The Morgan fingerprint density at radius 1 is 1.21 bits per heavy atom. The third-order valence-electron chi connectivity index (χ3n) is 2.31. The number of nitrogens with two attached hydrogens (primary N) is 1. The SMILES string of the molecule is NNC(=O)c1nc[nH]c1C(=O)Nc1ccc(F)cc1. The van der Waals surface area contributed by atoms with Crippen LogP contribution in [-0.2, 0) is 0 Å². The van der Waals surface area contributed by atoms with Crippen molar-refractivity contribution in [1.82, 2.24) is 15.4 Å². The number of hydrogen-bond acceptors (Lipinski definition) is 4. The summed E-state index contributed by atoms with van der Waals surface area (Å²) in [6, 6.07) is 5.20. The molecule has 98 valence electrons. The average Bonchev–Trinajstić information content (AvgIpc) is 2.90. The van der Waals surface area contributed by atoms with Crippen LogP contribution < -0.4 is 16.6 Å². The molecule has 19 heavy (non-hydrogen) atoms. The number of H-pyrrole nitrogens is 1. The van der Waals surface area contributed by atoms with Gasteiger partial charge in [0.15, 0.2) is 5.69 Å². The molecule has 1 aromatic carbocycles. The number of nitrogen functional groups attached to an aromatic ring is 1. The van der Waals surface area contributed by atoms with Gasteiger partial charge in [-0.15, -0.1) is 0 Å². The third-order valence-corrected chi connectivity index (χ3v) is 2.31. The first-order chi connectivity index (χ1) is 9.11. The van der Waals surface area contributed by atoms with Crippen LogP contribution in [0.3, 0.4) is 0 Å². The molecule has 0 atom stereocenters. The molecule has 2 aromatic rings. The maximum atomic E-state index is 12.7. The van der Waals surface area contributed by atoms with Crippen LogP contribution in [-0.4, -0.2) is 21.8 Å². The quantitative estimate of drug-likeness (QED) is 0.365. The molecular formula is C11H10FN5O2. The Balaban J connectivity index is 2.18. The summed E-state index contributed by atoms with van der Waals surface area (Å²) in [4.78, 5) is 29.5. The van der Waals surface area contributed by atoms with E-state index in [4.69, 9.17) is 5.84 Å². The van der Waals surface area contributed by atoms with E-state index < -0.39 is 17.6 Å². The standard InChI is InChI=1S/C11H10FN5O2/c12-6-1-3-7(4-2-6)16-10(18)8-9(11(19)17-13)15-5-14-8/h1-5H,13H2,(H,14,15)(H,16,18)(H,17,19). The molecule has 0 aliphatic carbocycles. The summed E-state index contributed by atoms with van der Waals surface area (Å²) in [6.07, 6.45) is 1.20. The number of carbonyl (C=O) groups is 2. The minimum absolute atomic E-state index is 0.0349. The summed E-state index contributed by atoms with van der Waals surface area (Å²) in [7, 11) is 0. The Kier molecular flexibility index (Phi) is 3.53. The van der Waals surface area contributed by atoms with E-state index in [-0.39, 0.29) is 11.4 Å². The van der Waals surface area contributed by atoms with Gasteiger partial charge in [0.1, 0.15) is 11.5 Å². The summed E-state index contributed by atoms with van der Waals surface area (Å²) >= 11 is 0. The highest BCUT2D eigenvalue weighted by atomic mass is 19.1. The molecule has 0 aliphatic rings. The summed E-state index contributed by atoms with van der Waals surface area (Å²) in [5, 5.41) is 2.49. The fourth-order valence-electron chi connectivity index (χ4n) is 1.43. The van der Waals surface area contributed by atoms with Crippen LogP contribution in [0.15, 0.2) is 30.6 Å². The largest absolute Gasteiger partial charge is 0.340 e. The Hall–Kier alpha value is -2.74. The highest BCUT2D eigenvalue weighted by Crippen LogP contribution is 2.11. The van der Waals surface area contributed by atoms with Crippen molar-refractivity contribution in [2.75, 3.05) is 5.32 Å². The van der Waals surface area contributed by atoms with Crippen molar-refractivity contribution >= 4 is 17.5 Å². The van der Waals surface area contributed by atoms with Crippen molar-refractivity contribution < 1.29 is 14.0 Å². The fourth-order valence-corrected chi connectivity index (χ4v) is 1.43. The monoisotopic (exact) mass is 263 g/mol. The zero-order valence-corrected chi connectivity index (χ0v) is 9.61. The normalized spacial score (nSPS) is 10.0. The molecule has 0 saturated heterocycles. The van der Waals surface area contributed by atoms with Gasteiger partial charge in [0, 0.05) is 5.69 Å². The number of halogens is 1. The minimum Gasteiger partial charge on any atom is -0.340 e. The molecule has 0 spiro atoms. The second-order valence-corrected chi connectivity index (χ2v) is 3.56. The van der Waals surface area contributed by atoms with Gasteiger partial charge in [0.05, 0.1) is 6.33 Å². The Bertz CT molecular complexity index is 608. The zero-order valence-electron chi connectivity index (χ0n) is 9.61. The van der Waals surface area contributed by atoms with Gasteiger partial charge in [0.25, 0.3) is 11.8 Å². The van der Waals surface area contributed by atoms with Crippen LogP contribution >= 0.6 is 0 Å². The number of amides is 2. The van der Waals surface area contributed by atoms with Crippen LogP contribution in [0, 0.1) is 5.82 Å². The van der Waals surface area contributed by atoms with E-state index in [9.17, 15) is 14.0 Å². The van der Waals surface area contributed by atoms with Gasteiger partial charge >= 0.3 is 0 Å². The second-order valence-electron chi connectivity index (χ2n) is 3.56. The molecular weight excluding hydrogens is 253 g/mol. The van der Waals surface area contributed by atoms with Gasteiger partial charge in [0.2, 0.25) is 0 Å². The molecule has 0 bridgehead atoms. The van der Waals surface area contributed by atoms with Crippen molar-refractivity contribution in [3.05, 3.63) is 47.8 Å². The molecule has 1 aromatic heterocycles. The number of aromatic amines is 1. The molecule has 7 nitrogen and oxygen atoms in total. The second kappa shape index (κ2) is 5.27. The first kappa shape index (κ1) is 12.7. The van der Waals surface area contributed by atoms with E-state index >= 15 is 0 Å². The van der Waals surface area contributed by atoms with Crippen LogP contribution in [0.2, 0.25) is 0 Å². The lowest BCUT2D eigenvalue weighted by Crippen LogP contribution is -2.32. The van der Waals surface area contributed by atoms with E-state index in [1.165, 1.54) is 30.6 Å². The van der Waals surface area contributed by atoms with Gasteiger partial charge in [-0.3, -0.25) is 15.0 Å². The van der Waals surface area contributed by atoms with Crippen molar-refractivity contribution in [3.8, 4) is 0 Å². The minimum atomic E-state index is -0.689. The molecule has 0 unspecified atom stereocenters. The highest BCUT2D eigenvalue weighted by Gasteiger charge is 2.19. The zero-order chi connectivity index (χ0) is 13.8. The molecule has 0 fully saturated rings. The molecule has 1 heterocycles. The molecule has 0 radical (unpaired) electrons. The summed E-state index contributed by atoms with van der Waals surface area (Å²) < 4.78 is 12.7. The topological polar surface area (TPSA) is 113 Å². The predicted molar refractivity (Wildman–Crippen MR) is 64.6 cm³/mol.